The summed E-state index contributed by atoms with van der Waals surface area (Å²) in [5, 5.41) is 9.00. The van der Waals surface area contributed by atoms with Gasteiger partial charge in [-0.05, 0) is 31.6 Å². The lowest BCUT2D eigenvalue weighted by Gasteiger charge is -2.26. The first kappa shape index (κ1) is 16.5. The maximum Gasteiger partial charge on any atom is 0.244 e. The molecular weight excluding hydrogens is 290 g/mol. The molecule has 5 nitrogen and oxygen atoms in total. The molecule has 0 saturated heterocycles. The molecule has 0 spiro atoms. The Bertz CT molecular complexity index is 564. The highest BCUT2D eigenvalue weighted by Crippen LogP contribution is 2.30. The van der Waals surface area contributed by atoms with Crippen LogP contribution in [0.5, 0.6) is 0 Å². The molecule has 0 aromatic carbocycles. The molecule has 0 amide bonds. The van der Waals surface area contributed by atoms with E-state index in [9.17, 15) is 8.42 Å². The fraction of sp³-hybridized carbons (Fsp3) is 0.733. The van der Waals surface area contributed by atoms with Crippen molar-refractivity contribution < 1.29 is 17.9 Å². The Kier molecular flexibility index (Phi) is 5.46. The van der Waals surface area contributed by atoms with Gasteiger partial charge in [0.05, 0.1) is 0 Å². The summed E-state index contributed by atoms with van der Waals surface area (Å²) in [5.41, 5.74) is 0. The molecule has 2 N–H and O–H groups in total. The summed E-state index contributed by atoms with van der Waals surface area (Å²) < 4.78 is 32.3. The average molecular weight is 315 g/mol. The monoisotopic (exact) mass is 315 g/mol. The Morgan fingerprint density at radius 3 is 2.81 bits per heavy atom. The Morgan fingerprint density at radius 2 is 2.19 bits per heavy atom. The molecule has 0 aliphatic heterocycles. The quantitative estimate of drug-likeness (QED) is 0.845. The highest BCUT2D eigenvalue weighted by Gasteiger charge is 2.23. The van der Waals surface area contributed by atoms with Crippen molar-refractivity contribution in [2.45, 2.75) is 57.5 Å². The minimum atomic E-state index is -3.55. The molecule has 0 radical (unpaired) electrons. The van der Waals surface area contributed by atoms with Crippen LogP contribution in [0.4, 0.5) is 0 Å². The van der Waals surface area contributed by atoms with E-state index in [0.717, 1.165) is 12.3 Å². The zero-order valence-electron chi connectivity index (χ0n) is 12.8. The second-order valence-electron chi connectivity index (χ2n) is 6.12. The number of rotatable bonds is 6. The molecule has 2 rings (SSSR count). The third kappa shape index (κ3) is 4.31. The topological polar surface area (TPSA) is 79.5 Å². The maximum absolute atomic E-state index is 12.2. The number of aliphatic hydroxyl groups is 1. The molecule has 1 aliphatic rings. The van der Waals surface area contributed by atoms with Crippen LogP contribution < -0.4 is 4.72 Å². The standard InChI is InChI=1S/C15H25NO4S/c1-11-4-3-5-13(8-11)6-7-16-21(18,19)15-9-14(10-17)20-12(15)2/h9,11,13,16-17H,3-8,10H2,1-2H3. The molecule has 1 heterocycles. The van der Waals surface area contributed by atoms with Crippen LogP contribution in [-0.4, -0.2) is 20.1 Å². The molecule has 120 valence electrons. The first-order chi connectivity index (χ1) is 9.92. The lowest BCUT2D eigenvalue weighted by atomic mass is 9.81. The van der Waals surface area contributed by atoms with E-state index in [-0.39, 0.29) is 17.3 Å². The summed E-state index contributed by atoms with van der Waals surface area (Å²) in [6.45, 7) is 4.02. The number of sulfonamides is 1. The lowest BCUT2D eigenvalue weighted by molar-refractivity contribution is 0.244. The van der Waals surface area contributed by atoms with Crippen LogP contribution in [0.2, 0.25) is 0 Å². The van der Waals surface area contributed by atoms with Gasteiger partial charge in [-0.15, -0.1) is 0 Å². The predicted octanol–water partition coefficient (Wildman–Crippen LogP) is 2.58. The SMILES string of the molecule is Cc1oc(CO)cc1S(=O)(=O)NCCC1CCCC(C)C1. The molecule has 2 unspecified atom stereocenters. The van der Waals surface area contributed by atoms with Crippen molar-refractivity contribution >= 4 is 10.0 Å². The van der Waals surface area contributed by atoms with E-state index in [1.165, 1.54) is 31.7 Å². The average Bonchev–Trinajstić information content (AvgIpc) is 2.81. The molecule has 21 heavy (non-hydrogen) atoms. The number of aliphatic hydroxyl groups excluding tert-OH is 1. The van der Waals surface area contributed by atoms with Crippen LogP contribution in [0, 0.1) is 18.8 Å². The smallest absolute Gasteiger partial charge is 0.244 e. The van der Waals surface area contributed by atoms with E-state index in [2.05, 4.69) is 11.6 Å². The Hall–Kier alpha value is -0.850. The molecular formula is C15H25NO4S. The van der Waals surface area contributed by atoms with E-state index in [1.807, 2.05) is 0 Å². The summed E-state index contributed by atoms with van der Waals surface area (Å²) in [6.07, 6.45) is 5.82. The van der Waals surface area contributed by atoms with Gasteiger partial charge in [-0.25, -0.2) is 13.1 Å². The Morgan fingerprint density at radius 1 is 1.43 bits per heavy atom. The summed E-state index contributed by atoms with van der Waals surface area (Å²) in [7, 11) is -3.55. The number of hydrogen-bond donors (Lipinski definition) is 2. The largest absolute Gasteiger partial charge is 0.462 e. The molecule has 0 bridgehead atoms. The second-order valence-corrected chi connectivity index (χ2v) is 7.85. The number of aryl methyl sites for hydroxylation is 1. The number of furan rings is 1. The van der Waals surface area contributed by atoms with Gasteiger partial charge in [0.25, 0.3) is 0 Å². The van der Waals surface area contributed by atoms with Crippen molar-refractivity contribution in [2.75, 3.05) is 6.54 Å². The highest BCUT2D eigenvalue weighted by atomic mass is 32.2. The van der Waals surface area contributed by atoms with Gasteiger partial charge in [-0.3, -0.25) is 0 Å². The summed E-state index contributed by atoms with van der Waals surface area (Å²) >= 11 is 0. The van der Waals surface area contributed by atoms with E-state index in [0.29, 0.717) is 18.2 Å². The molecule has 6 heteroatoms. The van der Waals surface area contributed by atoms with Crippen LogP contribution in [0.15, 0.2) is 15.4 Å². The van der Waals surface area contributed by atoms with Crippen LogP contribution in [-0.2, 0) is 16.6 Å². The van der Waals surface area contributed by atoms with Crippen LogP contribution in [0.25, 0.3) is 0 Å². The van der Waals surface area contributed by atoms with E-state index >= 15 is 0 Å². The highest BCUT2D eigenvalue weighted by molar-refractivity contribution is 7.89. The predicted molar refractivity (Wildman–Crippen MR) is 80.3 cm³/mol. The van der Waals surface area contributed by atoms with Crippen molar-refractivity contribution in [1.29, 1.82) is 0 Å². The first-order valence-electron chi connectivity index (χ1n) is 7.62. The van der Waals surface area contributed by atoms with Crippen LogP contribution in [0.1, 0.15) is 50.5 Å². The third-order valence-corrected chi connectivity index (χ3v) is 5.83. The van der Waals surface area contributed by atoms with Crippen molar-refractivity contribution in [3.05, 3.63) is 17.6 Å². The molecule has 1 fully saturated rings. The fourth-order valence-corrected chi connectivity index (χ4v) is 4.41. The first-order valence-corrected chi connectivity index (χ1v) is 9.10. The van der Waals surface area contributed by atoms with E-state index < -0.39 is 10.0 Å². The van der Waals surface area contributed by atoms with Gasteiger partial charge in [0.1, 0.15) is 23.0 Å². The van der Waals surface area contributed by atoms with Crippen molar-refractivity contribution in [3.8, 4) is 0 Å². The van der Waals surface area contributed by atoms with Crippen molar-refractivity contribution in [1.82, 2.24) is 4.72 Å². The molecule has 1 aromatic heterocycles. The van der Waals surface area contributed by atoms with Crippen molar-refractivity contribution in [2.24, 2.45) is 11.8 Å². The van der Waals surface area contributed by atoms with Crippen LogP contribution >= 0.6 is 0 Å². The van der Waals surface area contributed by atoms with Gasteiger partial charge >= 0.3 is 0 Å². The Balaban J connectivity index is 1.90. The van der Waals surface area contributed by atoms with Crippen molar-refractivity contribution in [3.63, 3.8) is 0 Å². The molecule has 2 atom stereocenters. The van der Waals surface area contributed by atoms with Gasteiger partial charge in [0.2, 0.25) is 10.0 Å². The normalized spacial score (nSPS) is 23.4. The zero-order valence-corrected chi connectivity index (χ0v) is 13.6. The lowest BCUT2D eigenvalue weighted by Crippen LogP contribution is -2.27. The van der Waals surface area contributed by atoms with Gasteiger partial charge in [0.15, 0.2) is 0 Å². The maximum atomic E-state index is 12.2. The van der Waals surface area contributed by atoms with E-state index in [4.69, 9.17) is 9.52 Å². The van der Waals surface area contributed by atoms with Gasteiger partial charge < -0.3 is 9.52 Å². The second kappa shape index (κ2) is 6.94. The fourth-order valence-electron chi connectivity index (χ4n) is 3.17. The number of hydrogen-bond acceptors (Lipinski definition) is 4. The summed E-state index contributed by atoms with van der Waals surface area (Å²) in [6, 6.07) is 1.39. The Labute approximate surface area is 126 Å². The number of nitrogens with one attached hydrogen (secondary N) is 1. The summed E-state index contributed by atoms with van der Waals surface area (Å²) in [4.78, 5) is 0.128. The summed E-state index contributed by atoms with van der Waals surface area (Å²) in [5.74, 6) is 1.96. The third-order valence-electron chi connectivity index (χ3n) is 4.26. The minimum Gasteiger partial charge on any atom is -0.462 e. The van der Waals surface area contributed by atoms with Gasteiger partial charge in [-0.2, -0.15) is 0 Å². The zero-order chi connectivity index (χ0) is 15.5. The minimum absolute atomic E-state index is 0.128. The van der Waals surface area contributed by atoms with E-state index in [1.54, 1.807) is 6.92 Å². The van der Waals surface area contributed by atoms with Gasteiger partial charge in [-0.1, -0.05) is 26.2 Å². The van der Waals surface area contributed by atoms with Gasteiger partial charge in [0, 0.05) is 12.6 Å². The van der Waals surface area contributed by atoms with Crippen LogP contribution in [0.3, 0.4) is 0 Å². The molecule has 1 aliphatic carbocycles. The molecule has 1 aromatic rings. The molecule has 1 saturated carbocycles.